The van der Waals surface area contributed by atoms with Gasteiger partial charge < -0.3 is 15.0 Å². The largest absolute Gasteiger partial charge is 0.460 e. The third-order valence-electron chi connectivity index (χ3n) is 8.25. The Morgan fingerprint density at radius 3 is 2.40 bits per heavy atom. The van der Waals surface area contributed by atoms with Crippen LogP contribution in [-0.4, -0.2) is 74.5 Å². The third kappa shape index (κ3) is 7.21. The van der Waals surface area contributed by atoms with E-state index in [0.29, 0.717) is 29.4 Å². The Kier molecular flexibility index (Phi) is 9.10. The number of carbonyl (C=O) groups is 2. The van der Waals surface area contributed by atoms with Gasteiger partial charge in [-0.05, 0) is 78.1 Å². The lowest BCUT2D eigenvalue weighted by molar-refractivity contribution is -0.155. The van der Waals surface area contributed by atoms with E-state index >= 15 is 0 Å². The second kappa shape index (κ2) is 12.8. The highest BCUT2D eigenvalue weighted by molar-refractivity contribution is 5.99. The molecule has 1 aliphatic carbocycles. The molecule has 230 valence electrons. The monoisotopic (exact) mass is 589 g/mol. The Hall–Kier alpha value is -3.86. The van der Waals surface area contributed by atoms with Gasteiger partial charge in [0.2, 0.25) is 5.95 Å². The molecular formula is C32H43N7O4. The number of hydrogen-bond donors (Lipinski definition) is 1. The predicted molar refractivity (Wildman–Crippen MR) is 167 cm³/mol. The summed E-state index contributed by atoms with van der Waals surface area (Å²) in [6.07, 6.45) is 8.67. The number of aryl methyl sites for hydroxylation is 1. The Morgan fingerprint density at radius 2 is 1.77 bits per heavy atom. The maximum absolute atomic E-state index is 13.5. The maximum Gasteiger partial charge on any atom is 0.306 e. The SMILES string of the molecule is CC(=O)c1c(C)c2cnc(Nc3ccc(N4CCN(CCCC(=O)OC(C)(C)C)CC4)cn3)nc2n(C2CCCC2)c1=O. The summed E-state index contributed by atoms with van der Waals surface area (Å²) in [7, 11) is 0. The first kappa shape index (κ1) is 30.6. The zero-order valence-corrected chi connectivity index (χ0v) is 26.0. The number of nitrogens with one attached hydrogen (secondary N) is 1. The number of ketones is 1. The molecule has 1 saturated heterocycles. The molecule has 1 N–H and O–H groups in total. The normalized spacial score (nSPS) is 16.5. The highest BCUT2D eigenvalue weighted by atomic mass is 16.6. The zero-order chi connectivity index (χ0) is 30.7. The van der Waals surface area contributed by atoms with E-state index in [-0.39, 0.29) is 28.9 Å². The van der Waals surface area contributed by atoms with Crippen molar-refractivity contribution in [2.75, 3.05) is 42.9 Å². The fourth-order valence-electron chi connectivity index (χ4n) is 6.14. The lowest BCUT2D eigenvalue weighted by atomic mass is 10.0. The standard InChI is InChI=1S/C32H43N7O4/c1-21-25-20-34-31(36-29(25)39(23-9-6-7-10-23)30(42)28(21)22(2)40)35-26-13-12-24(19-33-26)38-17-15-37(16-18-38)14-8-11-27(41)43-32(3,4)5/h12-13,19-20,23H,6-11,14-18H2,1-5H3,(H,33,34,35,36). The molecule has 3 aromatic heterocycles. The number of Topliss-reactive ketones (excluding diaryl/α,β-unsaturated/α-hetero) is 1. The Labute approximate surface area is 252 Å². The molecule has 2 aliphatic rings. The van der Waals surface area contributed by atoms with Crippen molar-refractivity contribution in [3.8, 4) is 0 Å². The van der Waals surface area contributed by atoms with Crippen LogP contribution in [0.25, 0.3) is 11.0 Å². The number of hydrogen-bond acceptors (Lipinski definition) is 10. The molecule has 3 aromatic rings. The summed E-state index contributed by atoms with van der Waals surface area (Å²) in [6.45, 7) is 13.4. The molecular weight excluding hydrogens is 546 g/mol. The van der Waals surface area contributed by atoms with Gasteiger partial charge in [0, 0.05) is 50.2 Å². The molecule has 4 heterocycles. The van der Waals surface area contributed by atoms with Crippen LogP contribution in [0.15, 0.2) is 29.3 Å². The first-order chi connectivity index (χ1) is 20.5. The van der Waals surface area contributed by atoms with Gasteiger partial charge in [-0.15, -0.1) is 0 Å². The van der Waals surface area contributed by atoms with Gasteiger partial charge in [0.05, 0.1) is 17.4 Å². The number of aromatic nitrogens is 4. The van der Waals surface area contributed by atoms with Crippen molar-refractivity contribution in [2.24, 2.45) is 0 Å². The molecule has 1 saturated carbocycles. The number of anilines is 3. The van der Waals surface area contributed by atoms with E-state index in [2.05, 4.69) is 25.1 Å². The molecule has 0 bridgehead atoms. The van der Waals surface area contributed by atoms with E-state index in [1.165, 1.54) is 6.92 Å². The Balaban J connectivity index is 1.22. The number of fused-ring (bicyclic) bond motifs is 1. The fraction of sp³-hybridized carbons (Fsp3) is 0.562. The average molecular weight is 590 g/mol. The van der Waals surface area contributed by atoms with Crippen LogP contribution in [0.2, 0.25) is 0 Å². The smallest absolute Gasteiger partial charge is 0.306 e. The van der Waals surface area contributed by atoms with Crippen LogP contribution in [0.4, 0.5) is 17.5 Å². The van der Waals surface area contributed by atoms with Gasteiger partial charge in [0.15, 0.2) is 5.78 Å². The highest BCUT2D eigenvalue weighted by Crippen LogP contribution is 2.32. The van der Waals surface area contributed by atoms with Crippen molar-refractivity contribution in [1.29, 1.82) is 0 Å². The van der Waals surface area contributed by atoms with E-state index in [1.807, 2.05) is 39.1 Å². The van der Waals surface area contributed by atoms with Crippen molar-refractivity contribution in [1.82, 2.24) is 24.4 Å². The summed E-state index contributed by atoms with van der Waals surface area (Å²) < 4.78 is 7.12. The molecule has 11 nitrogen and oxygen atoms in total. The number of pyridine rings is 2. The zero-order valence-electron chi connectivity index (χ0n) is 26.0. The van der Waals surface area contributed by atoms with Crippen molar-refractivity contribution in [2.45, 2.75) is 84.8 Å². The van der Waals surface area contributed by atoms with Crippen molar-refractivity contribution in [3.63, 3.8) is 0 Å². The van der Waals surface area contributed by atoms with Gasteiger partial charge in [0.1, 0.15) is 17.1 Å². The summed E-state index contributed by atoms with van der Waals surface area (Å²) in [4.78, 5) is 56.4. The molecule has 2 fully saturated rings. The van der Waals surface area contributed by atoms with Crippen LogP contribution in [0.1, 0.15) is 88.2 Å². The molecule has 11 heteroatoms. The summed E-state index contributed by atoms with van der Waals surface area (Å²) in [5.41, 5.74) is 1.74. The first-order valence-corrected chi connectivity index (χ1v) is 15.3. The molecule has 0 aromatic carbocycles. The van der Waals surface area contributed by atoms with Gasteiger partial charge in [-0.1, -0.05) is 12.8 Å². The van der Waals surface area contributed by atoms with Crippen LogP contribution >= 0.6 is 0 Å². The first-order valence-electron chi connectivity index (χ1n) is 15.3. The van der Waals surface area contributed by atoms with E-state index in [9.17, 15) is 14.4 Å². The fourth-order valence-corrected chi connectivity index (χ4v) is 6.14. The number of piperazine rings is 1. The van der Waals surface area contributed by atoms with E-state index < -0.39 is 5.60 Å². The van der Waals surface area contributed by atoms with Gasteiger partial charge in [-0.25, -0.2) is 9.97 Å². The van der Waals surface area contributed by atoms with Crippen LogP contribution in [-0.2, 0) is 9.53 Å². The Morgan fingerprint density at radius 1 is 1.05 bits per heavy atom. The number of nitrogens with zero attached hydrogens (tertiary/aromatic N) is 6. The minimum absolute atomic E-state index is 0.0271. The summed E-state index contributed by atoms with van der Waals surface area (Å²) in [6, 6.07) is 3.97. The topological polar surface area (TPSA) is 123 Å². The summed E-state index contributed by atoms with van der Waals surface area (Å²) in [5, 5.41) is 3.91. The van der Waals surface area contributed by atoms with Crippen LogP contribution < -0.4 is 15.8 Å². The summed E-state index contributed by atoms with van der Waals surface area (Å²) >= 11 is 0. The second-order valence-electron chi connectivity index (χ2n) is 12.6. The molecule has 0 spiro atoms. The minimum Gasteiger partial charge on any atom is -0.460 e. The lowest BCUT2D eigenvalue weighted by Crippen LogP contribution is -2.46. The summed E-state index contributed by atoms with van der Waals surface area (Å²) in [5.74, 6) is 0.590. The molecule has 1 aliphatic heterocycles. The second-order valence-corrected chi connectivity index (χ2v) is 12.6. The highest BCUT2D eigenvalue weighted by Gasteiger charge is 2.26. The van der Waals surface area contributed by atoms with Crippen molar-refractivity contribution in [3.05, 3.63) is 46.0 Å². The maximum atomic E-state index is 13.5. The van der Waals surface area contributed by atoms with E-state index in [4.69, 9.17) is 9.72 Å². The van der Waals surface area contributed by atoms with Crippen molar-refractivity contribution >= 4 is 40.2 Å². The number of rotatable bonds is 9. The van der Waals surface area contributed by atoms with Crippen LogP contribution in [0.5, 0.6) is 0 Å². The molecule has 5 rings (SSSR count). The minimum atomic E-state index is -0.440. The van der Waals surface area contributed by atoms with Crippen LogP contribution in [0.3, 0.4) is 0 Å². The number of esters is 1. The average Bonchev–Trinajstić information content (AvgIpc) is 3.47. The quantitative estimate of drug-likeness (QED) is 0.275. The third-order valence-corrected chi connectivity index (χ3v) is 8.25. The number of carbonyl (C=O) groups excluding carboxylic acids is 2. The van der Waals surface area contributed by atoms with Gasteiger partial charge in [-0.2, -0.15) is 4.98 Å². The lowest BCUT2D eigenvalue weighted by Gasteiger charge is -2.36. The molecule has 0 unspecified atom stereocenters. The molecule has 0 amide bonds. The van der Waals surface area contributed by atoms with Gasteiger partial charge in [-0.3, -0.25) is 23.9 Å². The predicted octanol–water partition coefficient (Wildman–Crippen LogP) is 4.80. The number of ether oxygens (including phenoxy) is 1. The van der Waals surface area contributed by atoms with Gasteiger partial charge >= 0.3 is 5.97 Å². The van der Waals surface area contributed by atoms with E-state index in [1.54, 1.807) is 17.7 Å². The molecule has 43 heavy (non-hydrogen) atoms. The Bertz CT molecular complexity index is 1530. The molecule has 0 radical (unpaired) electrons. The van der Waals surface area contributed by atoms with E-state index in [0.717, 1.165) is 75.9 Å². The van der Waals surface area contributed by atoms with Gasteiger partial charge in [0.25, 0.3) is 5.56 Å². The van der Waals surface area contributed by atoms with Crippen LogP contribution in [0, 0.1) is 6.92 Å². The van der Waals surface area contributed by atoms with Crippen molar-refractivity contribution < 1.29 is 14.3 Å². The molecule has 0 atom stereocenters.